The zero-order valence-electron chi connectivity index (χ0n) is 10.4. The smallest absolute Gasteiger partial charge is 0.341 e. The van der Waals surface area contributed by atoms with Crippen molar-refractivity contribution in [2.24, 2.45) is 0 Å². The number of rotatable bonds is 3. The topological polar surface area (TPSA) is 98.6 Å². The third kappa shape index (κ3) is 2.10. The van der Waals surface area contributed by atoms with Crippen LogP contribution in [0.2, 0.25) is 5.28 Å². The quantitative estimate of drug-likeness (QED) is 0.578. The number of carbonyl (C=O) groups is 1. The molecule has 0 aliphatic carbocycles. The number of aromatic amines is 1. The highest BCUT2D eigenvalue weighted by atomic mass is 35.5. The Bertz CT molecular complexity index is 780. The monoisotopic (exact) mass is 292 g/mol. The Kier molecular flexibility index (Phi) is 3.07. The summed E-state index contributed by atoms with van der Waals surface area (Å²) in [5.74, 6) is -0.0344. The third-order valence-electron chi connectivity index (χ3n) is 2.55. The molecule has 0 saturated carbocycles. The molecule has 3 aromatic rings. The molecule has 102 valence electrons. The van der Waals surface area contributed by atoms with Crippen molar-refractivity contribution in [2.75, 3.05) is 6.61 Å². The standard InChI is InChI=1S/C11H9ClN6O2/c1-2-20-10(19)6-3-15-18(4-6)9-7-8(14-5-13-7)16-11(12)17-9/h3-5H,2H2,1H3,(H,13,14,16,17). The Morgan fingerprint density at radius 3 is 3.15 bits per heavy atom. The van der Waals surface area contributed by atoms with Crippen LogP contribution in [0, 0.1) is 0 Å². The lowest BCUT2D eigenvalue weighted by atomic mass is 10.4. The number of halogens is 1. The SMILES string of the molecule is CCOC(=O)c1cnn(-c2nc(Cl)nc3nc[nH]c23)c1. The Balaban J connectivity index is 2.07. The van der Waals surface area contributed by atoms with Gasteiger partial charge in [-0.05, 0) is 18.5 Å². The van der Waals surface area contributed by atoms with E-state index in [0.29, 0.717) is 29.2 Å². The van der Waals surface area contributed by atoms with Gasteiger partial charge >= 0.3 is 5.97 Å². The molecule has 0 aliphatic heterocycles. The summed E-state index contributed by atoms with van der Waals surface area (Å²) in [6.45, 7) is 2.04. The van der Waals surface area contributed by atoms with Crippen LogP contribution in [-0.2, 0) is 4.74 Å². The lowest BCUT2D eigenvalue weighted by Gasteiger charge is -2.01. The zero-order valence-corrected chi connectivity index (χ0v) is 11.1. The summed E-state index contributed by atoms with van der Waals surface area (Å²) in [7, 11) is 0. The third-order valence-corrected chi connectivity index (χ3v) is 2.72. The van der Waals surface area contributed by atoms with Crippen molar-refractivity contribution in [1.29, 1.82) is 0 Å². The molecule has 0 saturated heterocycles. The number of ether oxygens (including phenoxy) is 1. The average molecular weight is 293 g/mol. The van der Waals surface area contributed by atoms with Crippen molar-refractivity contribution in [3.63, 3.8) is 0 Å². The second-order valence-electron chi connectivity index (χ2n) is 3.81. The first-order valence-electron chi connectivity index (χ1n) is 5.78. The van der Waals surface area contributed by atoms with E-state index in [-0.39, 0.29) is 5.28 Å². The first-order chi connectivity index (χ1) is 9.69. The number of carbonyl (C=O) groups excluding carboxylic acids is 1. The molecule has 0 aliphatic rings. The second-order valence-corrected chi connectivity index (χ2v) is 4.15. The molecule has 3 heterocycles. The lowest BCUT2D eigenvalue weighted by molar-refractivity contribution is 0.0526. The molecule has 0 atom stereocenters. The molecule has 0 spiro atoms. The number of esters is 1. The van der Waals surface area contributed by atoms with Crippen LogP contribution in [0.15, 0.2) is 18.7 Å². The normalized spacial score (nSPS) is 10.9. The minimum atomic E-state index is -0.445. The van der Waals surface area contributed by atoms with Gasteiger partial charge in [0.1, 0.15) is 5.52 Å². The van der Waals surface area contributed by atoms with Gasteiger partial charge < -0.3 is 9.72 Å². The van der Waals surface area contributed by atoms with Gasteiger partial charge in [-0.3, -0.25) is 0 Å². The van der Waals surface area contributed by atoms with Crippen LogP contribution < -0.4 is 0 Å². The number of hydrogen-bond acceptors (Lipinski definition) is 6. The highest BCUT2D eigenvalue weighted by molar-refractivity contribution is 6.28. The molecule has 0 aromatic carbocycles. The van der Waals surface area contributed by atoms with Crippen molar-refractivity contribution in [3.05, 3.63) is 29.6 Å². The molecule has 0 amide bonds. The molecule has 8 nitrogen and oxygen atoms in total. The van der Waals surface area contributed by atoms with Crippen molar-refractivity contribution in [1.82, 2.24) is 29.7 Å². The first kappa shape index (κ1) is 12.5. The van der Waals surface area contributed by atoms with Gasteiger partial charge in [0, 0.05) is 6.20 Å². The van der Waals surface area contributed by atoms with E-state index in [1.54, 1.807) is 6.92 Å². The minimum absolute atomic E-state index is 0.0489. The number of nitrogens with zero attached hydrogens (tertiary/aromatic N) is 5. The molecule has 20 heavy (non-hydrogen) atoms. The van der Waals surface area contributed by atoms with Crippen LogP contribution in [0.3, 0.4) is 0 Å². The van der Waals surface area contributed by atoms with E-state index in [4.69, 9.17) is 16.3 Å². The maximum Gasteiger partial charge on any atom is 0.341 e. The number of H-pyrrole nitrogens is 1. The van der Waals surface area contributed by atoms with Crippen molar-refractivity contribution >= 4 is 28.7 Å². The summed E-state index contributed by atoms with van der Waals surface area (Å²) in [6.07, 6.45) is 4.39. The zero-order chi connectivity index (χ0) is 14.1. The van der Waals surface area contributed by atoms with Crippen LogP contribution in [0.25, 0.3) is 17.0 Å². The summed E-state index contributed by atoms with van der Waals surface area (Å²) in [5, 5.41) is 4.13. The summed E-state index contributed by atoms with van der Waals surface area (Å²) >= 11 is 5.84. The van der Waals surface area contributed by atoms with Crippen molar-refractivity contribution in [3.8, 4) is 5.82 Å². The van der Waals surface area contributed by atoms with Gasteiger partial charge in [-0.1, -0.05) is 0 Å². The molecule has 0 radical (unpaired) electrons. The molecule has 0 unspecified atom stereocenters. The number of imidazole rings is 1. The largest absolute Gasteiger partial charge is 0.462 e. The molecular weight excluding hydrogens is 284 g/mol. The van der Waals surface area contributed by atoms with E-state index in [1.165, 1.54) is 23.4 Å². The van der Waals surface area contributed by atoms with Crippen LogP contribution >= 0.6 is 11.6 Å². The Hall–Kier alpha value is -2.48. The predicted molar refractivity (Wildman–Crippen MR) is 69.8 cm³/mol. The number of nitrogens with one attached hydrogen (secondary N) is 1. The maximum absolute atomic E-state index is 11.6. The Morgan fingerprint density at radius 2 is 2.35 bits per heavy atom. The molecular formula is C11H9ClN6O2. The van der Waals surface area contributed by atoms with Gasteiger partial charge in [-0.25, -0.2) is 14.5 Å². The van der Waals surface area contributed by atoms with E-state index >= 15 is 0 Å². The van der Waals surface area contributed by atoms with Crippen LogP contribution in [0.5, 0.6) is 0 Å². The van der Waals surface area contributed by atoms with Gasteiger partial charge in [0.25, 0.3) is 0 Å². The fraction of sp³-hybridized carbons (Fsp3) is 0.182. The Morgan fingerprint density at radius 1 is 1.50 bits per heavy atom. The molecule has 9 heteroatoms. The molecule has 0 bridgehead atoms. The molecule has 0 fully saturated rings. The summed E-state index contributed by atoms with van der Waals surface area (Å²) in [6, 6.07) is 0. The summed E-state index contributed by atoms with van der Waals surface area (Å²) in [5.41, 5.74) is 1.33. The minimum Gasteiger partial charge on any atom is -0.462 e. The van der Waals surface area contributed by atoms with E-state index in [2.05, 4.69) is 25.0 Å². The van der Waals surface area contributed by atoms with Gasteiger partial charge in [0.05, 0.1) is 24.7 Å². The highest BCUT2D eigenvalue weighted by Crippen LogP contribution is 2.18. The fourth-order valence-electron chi connectivity index (χ4n) is 1.72. The summed E-state index contributed by atoms with van der Waals surface area (Å²) in [4.78, 5) is 26.6. The van der Waals surface area contributed by atoms with Crippen LogP contribution in [0.4, 0.5) is 0 Å². The number of aromatic nitrogens is 6. The fourth-order valence-corrected chi connectivity index (χ4v) is 1.88. The number of fused-ring (bicyclic) bond motifs is 1. The van der Waals surface area contributed by atoms with E-state index in [1.807, 2.05) is 0 Å². The van der Waals surface area contributed by atoms with E-state index < -0.39 is 5.97 Å². The Labute approximate surface area is 117 Å². The van der Waals surface area contributed by atoms with E-state index in [9.17, 15) is 4.79 Å². The number of hydrogen-bond donors (Lipinski definition) is 1. The molecule has 1 N–H and O–H groups in total. The maximum atomic E-state index is 11.6. The van der Waals surface area contributed by atoms with Crippen molar-refractivity contribution in [2.45, 2.75) is 6.92 Å². The first-order valence-corrected chi connectivity index (χ1v) is 6.15. The van der Waals surface area contributed by atoms with Crippen LogP contribution in [-0.4, -0.2) is 42.3 Å². The highest BCUT2D eigenvalue weighted by Gasteiger charge is 2.15. The molecule has 3 rings (SSSR count). The van der Waals surface area contributed by atoms with Gasteiger partial charge in [0.15, 0.2) is 11.5 Å². The van der Waals surface area contributed by atoms with Crippen molar-refractivity contribution < 1.29 is 9.53 Å². The van der Waals surface area contributed by atoms with Gasteiger partial charge in [-0.2, -0.15) is 15.1 Å². The second kappa shape index (κ2) is 4.89. The lowest BCUT2D eigenvalue weighted by Crippen LogP contribution is -2.04. The average Bonchev–Trinajstić information content (AvgIpc) is 3.06. The molecule has 3 aromatic heterocycles. The van der Waals surface area contributed by atoms with Gasteiger partial charge in [-0.15, -0.1) is 0 Å². The van der Waals surface area contributed by atoms with Gasteiger partial charge in [0.2, 0.25) is 5.28 Å². The predicted octanol–water partition coefficient (Wildman–Crippen LogP) is 1.37. The van der Waals surface area contributed by atoms with Crippen LogP contribution in [0.1, 0.15) is 17.3 Å². The summed E-state index contributed by atoms with van der Waals surface area (Å²) < 4.78 is 6.32. The van der Waals surface area contributed by atoms with E-state index in [0.717, 1.165) is 0 Å².